The van der Waals surface area contributed by atoms with Crippen molar-refractivity contribution in [3.8, 4) is 23.3 Å². The Morgan fingerprint density at radius 2 is 2.03 bits per heavy atom. The van der Waals surface area contributed by atoms with Gasteiger partial charge in [0.15, 0.2) is 0 Å². The first-order chi connectivity index (χ1) is 16.5. The van der Waals surface area contributed by atoms with Gasteiger partial charge in [-0.05, 0) is 61.0 Å². The summed E-state index contributed by atoms with van der Waals surface area (Å²) in [5.74, 6) is 6.10. The summed E-state index contributed by atoms with van der Waals surface area (Å²) in [4.78, 5) is 23.6. The van der Waals surface area contributed by atoms with Crippen LogP contribution in [0.2, 0.25) is 0 Å². The molecule has 9 heteroatoms. The number of benzene rings is 2. The summed E-state index contributed by atoms with van der Waals surface area (Å²) in [6.45, 7) is 1.76. The van der Waals surface area contributed by atoms with E-state index >= 15 is 0 Å². The van der Waals surface area contributed by atoms with Crippen LogP contribution >= 0.6 is 0 Å². The lowest BCUT2D eigenvalue weighted by atomic mass is 10.1. The number of aromatic nitrogens is 3. The van der Waals surface area contributed by atoms with Crippen LogP contribution in [0.25, 0.3) is 10.9 Å². The molecule has 0 atom stereocenters. The average Bonchev–Trinajstić information content (AvgIpc) is 2.84. The number of amides is 1. The summed E-state index contributed by atoms with van der Waals surface area (Å²) in [7, 11) is 0. The smallest absolute Gasteiger partial charge is 0.315 e. The molecule has 7 nitrogen and oxygen atoms in total. The number of carbonyl (C=O) groups excluding carboxylic acids is 1. The lowest BCUT2D eigenvalue weighted by Crippen LogP contribution is -2.29. The van der Waals surface area contributed by atoms with Crippen molar-refractivity contribution in [3.63, 3.8) is 0 Å². The largest absolute Gasteiger partial charge is 0.455 e. The van der Waals surface area contributed by atoms with Crippen LogP contribution in [0.5, 0.6) is 11.5 Å². The molecule has 1 amide bonds. The summed E-state index contributed by atoms with van der Waals surface area (Å²) in [6.07, 6.45) is 1.73. The predicted octanol–water partition coefficient (Wildman–Crippen LogP) is 4.60. The molecule has 2 aromatic carbocycles. The molecule has 0 saturated carbocycles. The molecule has 2 aromatic heterocycles. The molecule has 34 heavy (non-hydrogen) atoms. The molecule has 170 valence electrons. The van der Waals surface area contributed by atoms with E-state index in [1.165, 1.54) is 6.33 Å². The Morgan fingerprint density at radius 1 is 1.15 bits per heavy atom. The molecule has 0 fully saturated rings. The van der Waals surface area contributed by atoms with Crippen molar-refractivity contribution in [1.82, 2.24) is 20.3 Å². The quantitative estimate of drug-likeness (QED) is 0.410. The number of nitrogens with one attached hydrogen (secondary N) is 2. The van der Waals surface area contributed by atoms with E-state index in [9.17, 15) is 13.6 Å². The van der Waals surface area contributed by atoms with Crippen LogP contribution in [0.3, 0.4) is 0 Å². The van der Waals surface area contributed by atoms with Gasteiger partial charge in [-0.3, -0.25) is 9.78 Å². The van der Waals surface area contributed by atoms with E-state index in [0.29, 0.717) is 28.4 Å². The number of carbonyl (C=O) groups is 1. The third-order valence-corrected chi connectivity index (χ3v) is 4.72. The van der Waals surface area contributed by atoms with Gasteiger partial charge in [0, 0.05) is 22.8 Å². The summed E-state index contributed by atoms with van der Waals surface area (Å²) in [6, 6.07) is 14.7. The van der Waals surface area contributed by atoms with Crippen LogP contribution < -0.4 is 15.4 Å². The topological polar surface area (TPSA) is 89.0 Å². The zero-order valence-electron chi connectivity index (χ0n) is 18.0. The standard InChI is InChI=1S/C25H19F2N5O2/c1-16-12-18(7-9-22(16)34-19-5-3-10-28-14-19)32-24-20-13-17(6-8-21(20)30-15-31-24)4-2-11-29-25(33)23(26)27/h3,5-10,12-15,23H,11H2,1H3,(H,29,33)(H,30,31,32). The first-order valence-electron chi connectivity index (χ1n) is 10.2. The Bertz CT molecular complexity index is 1380. The molecule has 0 unspecified atom stereocenters. The molecule has 0 aliphatic rings. The number of alkyl halides is 2. The van der Waals surface area contributed by atoms with E-state index in [2.05, 4.69) is 32.1 Å². The predicted molar refractivity (Wildman–Crippen MR) is 124 cm³/mol. The Morgan fingerprint density at radius 3 is 2.79 bits per heavy atom. The van der Waals surface area contributed by atoms with Crippen molar-refractivity contribution < 1.29 is 18.3 Å². The number of fused-ring (bicyclic) bond motifs is 1. The second-order valence-corrected chi connectivity index (χ2v) is 7.17. The highest BCUT2D eigenvalue weighted by Gasteiger charge is 2.13. The number of aryl methyl sites for hydroxylation is 1. The molecule has 4 aromatic rings. The number of pyridine rings is 1. The van der Waals surface area contributed by atoms with Crippen LogP contribution in [0.1, 0.15) is 11.1 Å². The zero-order chi connectivity index (χ0) is 23.9. The van der Waals surface area contributed by atoms with Gasteiger partial charge < -0.3 is 15.4 Å². The molecular weight excluding hydrogens is 440 g/mol. The maximum Gasteiger partial charge on any atom is 0.315 e. The molecular formula is C25H19F2N5O2. The molecule has 0 aliphatic heterocycles. The Labute approximate surface area is 194 Å². The van der Waals surface area contributed by atoms with E-state index in [4.69, 9.17) is 4.74 Å². The molecule has 2 heterocycles. The number of nitrogens with zero attached hydrogens (tertiary/aromatic N) is 3. The van der Waals surface area contributed by atoms with Crippen molar-refractivity contribution in [2.24, 2.45) is 0 Å². The highest BCUT2D eigenvalue weighted by Crippen LogP contribution is 2.29. The molecule has 4 rings (SSSR count). The first-order valence-corrected chi connectivity index (χ1v) is 10.2. The monoisotopic (exact) mass is 459 g/mol. The summed E-state index contributed by atoms with van der Waals surface area (Å²) >= 11 is 0. The van der Waals surface area contributed by atoms with Crippen LogP contribution in [0.15, 0.2) is 67.3 Å². The number of anilines is 2. The fourth-order valence-corrected chi connectivity index (χ4v) is 3.10. The highest BCUT2D eigenvalue weighted by molar-refractivity contribution is 5.91. The summed E-state index contributed by atoms with van der Waals surface area (Å²) in [5, 5.41) is 6.07. The Hall–Kier alpha value is -4.58. The van der Waals surface area contributed by atoms with E-state index in [0.717, 1.165) is 16.6 Å². The van der Waals surface area contributed by atoms with E-state index < -0.39 is 12.3 Å². The van der Waals surface area contributed by atoms with Crippen molar-refractivity contribution in [2.75, 3.05) is 11.9 Å². The van der Waals surface area contributed by atoms with Gasteiger partial charge in [0.2, 0.25) is 0 Å². The maximum atomic E-state index is 12.2. The van der Waals surface area contributed by atoms with Gasteiger partial charge in [0.25, 0.3) is 5.91 Å². The third kappa shape index (κ3) is 5.61. The fraction of sp³-hybridized carbons (Fsp3) is 0.120. The number of rotatable bonds is 6. The van der Waals surface area contributed by atoms with E-state index in [1.54, 1.807) is 36.7 Å². The minimum absolute atomic E-state index is 0.176. The van der Waals surface area contributed by atoms with Crippen molar-refractivity contribution in [1.29, 1.82) is 0 Å². The minimum atomic E-state index is -3.06. The SMILES string of the molecule is Cc1cc(Nc2ncnc3ccc(C#CCNC(=O)C(F)F)cc23)ccc1Oc1cccnc1. The Balaban J connectivity index is 1.52. The molecule has 0 radical (unpaired) electrons. The number of hydrogen-bond acceptors (Lipinski definition) is 6. The van der Waals surface area contributed by atoms with Gasteiger partial charge in [-0.25, -0.2) is 9.97 Å². The minimum Gasteiger partial charge on any atom is -0.455 e. The normalized spacial score (nSPS) is 10.5. The van der Waals surface area contributed by atoms with Gasteiger partial charge in [-0.2, -0.15) is 8.78 Å². The van der Waals surface area contributed by atoms with Gasteiger partial charge in [0.1, 0.15) is 23.6 Å². The molecule has 0 saturated heterocycles. The van der Waals surface area contributed by atoms with Gasteiger partial charge in [0.05, 0.1) is 18.3 Å². The number of halogens is 2. The van der Waals surface area contributed by atoms with Gasteiger partial charge in [-0.15, -0.1) is 0 Å². The van der Waals surface area contributed by atoms with E-state index in [1.807, 2.05) is 36.5 Å². The van der Waals surface area contributed by atoms with Gasteiger partial charge in [-0.1, -0.05) is 11.8 Å². The molecule has 0 spiro atoms. The first kappa shape index (κ1) is 22.6. The molecule has 2 N–H and O–H groups in total. The zero-order valence-corrected chi connectivity index (χ0v) is 18.0. The Kier molecular flexibility index (Phi) is 6.89. The molecule has 0 aliphatic carbocycles. The van der Waals surface area contributed by atoms with Crippen molar-refractivity contribution in [2.45, 2.75) is 13.3 Å². The second kappa shape index (κ2) is 10.4. The number of hydrogen-bond donors (Lipinski definition) is 2. The summed E-state index contributed by atoms with van der Waals surface area (Å²) < 4.78 is 30.3. The fourth-order valence-electron chi connectivity index (χ4n) is 3.10. The van der Waals surface area contributed by atoms with Crippen LogP contribution in [0.4, 0.5) is 20.3 Å². The van der Waals surface area contributed by atoms with Crippen molar-refractivity contribution in [3.05, 3.63) is 78.4 Å². The lowest BCUT2D eigenvalue weighted by Gasteiger charge is -2.12. The molecule has 0 bridgehead atoms. The third-order valence-electron chi connectivity index (χ3n) is 4.72. The summed E-state index contributed by atoms with van der Waals surface area (Å²) in [5.41, 5.74) is 3.07. The number of ether oxygens (including phenoxy) is 1. The van der Waals surface area contributed by atoms with Crippen LogP contribution in [-0.4, -0.2) is 33.8 Å². The average molecular weight is 459 g/mol. The lowest BCUT2D eigenvalue weighted by molar-refractivity contribution is -0.131. The van der Waals surface area contributed by atoms with Crippen LogP contribution in [0, 0.1) is 18.8 Å². The van der Waals surface area contributed by atoms with Crippen molar-refractivity contribution >= 4 is 28.3 Å². The van der Waals surface area contributed by atoms with Crippen LogP contribution in [-0.2, 0) is 4.79 Å². The highest BCUT2D eigenvalue weighted by atomic mass is 19.3. The maximum absolute atomic E-state index is 12.2. The second-order valence-electron chi connectivity index (χ2n) is 7.17. The van der Waals surface area contributed by atoms with E-state index in [-0.39, 0.29) is 6.54 Å². The van der Waals surface area contributed by atoms with Gasteiger partial charge >= 0.3 is 6.43 Å².